The molecule has 5 nitrogen and oxygen atoms in total. The van der Waals surface area contributed by atoms with Crippen LogP contribution in [0.1, 0.15) is 5.69 Å². The second-order valence-electron chi connectivity index (χ2n) is 4.53. The Balaban J connectivity index is 2.22. The molecule has 0 fully saturated rings. The zero-order valence-electron chi connectivity index (χ0n) is 10.9. The van der Waals surface area contributed by atoms with Gasteiger partial charge in [-0.2, -0.15) is 10.2 Å². The average molecular weight is 253 g/mol. The van der Waals surface area contributed by atoms with Gasteiger partial charge in [-0.05, 0) is 12.5 Å². The van der Waals surface area contributed by atoms with Crippen LogP contribution in [0.5, 0.6) is 0 Å². The first-order valence-electron chi connectivity index (χ1n) is 6.06. The summed E-state index contributed by atoms with van der Waals surface area (Å²) in [6, 6.07) is 10.0. The number of rotatable bonds is 2. The summed E-state index contributed by atoms with van der Waals surface area (Å²) >= 11 is 0. The molecule has 3 rings (SSSR count). The molecule has 0 radical (unpaired) electrons. The Labute approximate surface area is 111 Å². The molecule has 0 unspecified atom stereocenters. The highest BCUT2D eigenvalue weighted by molar-refractivity contribution is 5.88. The molecule has 0 aliphatic carbocycles. The van der Waals surface area contributed by atoms with E-state index in [1.165, 1.54) is 0 Å². The fourth-order valence-corrected chi connectivity index (χ4v) is 2.29. The summed E-state index contributed by atoms with van der Waals surface area (Å²) in [5.74, 6) is 0.504. The first kappa shape index (κ1) is 11.5. The summed E-state index contributed by atoms with van der Waals surface area (Å²) in [6.07, 6.45) is 1.97. The summed E-state index contributed by atoms with van der Waals surface area (Å²) in [5, 5.41) is 11.5. The van der Waals surface area contributed by atoms with Gasteiger partial charge >= 0.3 is 0 Å². The number of nitrogen functional groups attached to an aromatic ring is 1. The molecule has 0 saturated carbocycles. The molecule has 0 saturated heterocycles. The Bertz CT molecular complexity index is 709. The van der Waals surface area contributed by atoms with Crippen LogP contribution in [0.3, 0.4) is 0 Å². The minimum Gasteiger partial charge on any atom is -0.382 e. The molecule has 3 N–H and O–H groups in total. The summed E-state index contributed by atoms with van der Waals surface area (Å²) in [6.45, 7) is 1.97. The van der Waals surface area contributed by atoms with Crippen LogP contribution in [0, 0.1) is 6.92 Å². The van der Waals surface area contributed by atoms with Crippen molar-refractivity contribution in [2.24, 2.45) is 7.05 Å². The number of nitrogens with two attached hydrogens (primary N) is 1. The smallest absolute Gasteiger partial charge is 0.153 e. The van der Waals surface area contributed by atoms with E-state index in [1.54, 1.807) is 4.68 Å². The average Bonchev–Trinajstić information content (AvgIpc) is 2.93. The van der Waals surface area contributed by atoms with E-state index in [0.29, 0.717) is 5.82 Å². The highest BCUT2D eigenvalue weighted by Gasteiger charge is 2.17. The molecule has 2 aromatic heterocycles. The van der Waals surface area contributed by atoms with E-state index < -0.39 is 0 Å². The number of hydrogen-bond donors (Lipinski definition) is 2. The Hall–Kier alpha value is -2.56. The Morgan fingerprint density at radius 2 is 1.95 bits per heavy atom. The van der Waals surface area contributed by atoms with Gasteiger partial charge in [0.15, 0.2) is 5.82 Å². The van der Waals surface area contributed by atoms with Gasteiger partial charge in [0.05, 0.1) is 17.0 Å². The van der Waals surface area contributed by atoms with Crippen LogP contribution in [0.2, 0.25) is 0 Å². The Morgan fingerprint density at radius 3 is 2.58 bits per heavy atom. The zero-order valence-corrected chi connectivity index (χ0v) is 10.9. The van der Waals surface area contributed by atoms with Crippen molar-refractivity contribution in [1.82, 2.24) is 20.0 Å². The topological polar surface area (TPSA) is 72.5 Å². The van der Waals surface area contributed by atoms with Gasteiger partial charge in [-0.15, -0.1) is 0 Å². The highest BCUT2D eigenvalue weighted by Crippen LogP contribution is 2.35. The van der Waals surface area contributed by atoms with Crippen LogP contribution < -0.4 is 5.73 Å². The van der Waals surface area contributed by atoms with Crippen molar-refractivity contribution in [2.45, 2.75) is 6.92 Å². The van der Waals surface area contributed by atoms with Gasteiger partial charge < -0.3 is 5.73 Å². The van der Waals surface area contributed by atoms with E-state index in [0.717, 1.165) is 28.1 Å². The molecule has 0 amide bonds. The molecule has 3 aromatic rings. The summed E-state index contributed by atoms with van der Waals surface area (Å²) < 4.78 is 1.79. The van der Waals surface area contributed by atoms with Gasteiger partial charge in [0.25, 0.3) is 0 Å². The number of hydrogen-bond acceptors (Lipinski definition) is 3. The third kappa shape index (κ3) is 1.89. The lowest BCUT2D eigenvalue weighted by atomic mass is 10.0. The van der Waals surface area contributed by atoms with Crippen LogP contribution >= 0.6 is 0 Å². The number of nitrogens with zero attached hydrogens (tertiary/aromatic N) is 3. The highest BCUT2D eigenvalue weighted by atomic mass is 15.3. The molecule has 19 heavy (non-hydrogen) atoms. The minimum absolute atomic E-state index is 0.504. The lowest BCUT2D eigenvalue weighted by molar-refractivity contribution is 0.756. The van der Waals surface area contributed by atoms with Crippen molar-refractivity contribution in [2.75, 3.05) is 5.73 Å². The van der Waals surface area contributed by atoms with Crippen molar-refractivity contribution in [3.63, 3.8) is 0 Å². The number of H-pyrrole nitrogens is 1. The van der Waals surface area contributed by atoms with Gasteiger partial charge in [0.2, 0.25) is 0 Å². The van der Waals surface area contributed by atoms with Crippen molar-refractivity contribution >= 4 is 5.82 Å². The van der Waals surface area contributed by atoms with E-state index in [4.69, 9.17) is 5.73 Å². The summed E-state index contributed by atoms with van der Waals surface area (Å²) in [4.78, 5) is 0. The fourth-order valence-electron chi connectivity index (χ4n) is 2.29. The molecule has 0 aliphatic rings. The maximum Gasteiger partial charge on any atom is 0.153 e. The van der Waals surface area contributed by atoms with Crippen LogP contribution in [-0.4, -0.2) is 20.0 Å². The molecule has 2 heterocycles. The van der Waals surface area contributed by atoms with E-state index in [1.807, 2.05) is 50.5 Å². The second-order valence-corrected chi connectivity index (χ2v) is 4.53. The van der Waals surface area contributed by atoms with Gasteiger partial charge in [0.1, 0.15) is 0 Å². The number of benzene rings is 1. The van der Waals surface area contributed by atoms with Crippen molar-refractivity contribution in [3.8, 4) is 22.4 Å². The van der Waals surface area contributed by atoms with Crippen molar-refractivity contribution < 1.29 is 0 Å². The third-order valence-electron chi connectivity index (χ3n) is 3.14. The first-order chi connectivity index (χ1) is 9.16. The first-order valence-corrected chi connectivity index (χ1v) is 6.06. The maximum absolute atomic E-state index is 6.00. The molecular weight excluding hydrogens is 238 g/mol. The van der Waals surface area contributed by atoms with Gasteiger partial charge in [-0.1, -0.05) is 30.3 Å². The minimum atomic E-state index is 0.504. The SMILES string of the molecule is Cc1nn(C)cc1-c1[nH]nc(N)c1-c1ccccc1. The number of aromatic amines is 1. The number of anilines is 1. The van der Waals surface area contributed by atoms with E-state index in [-0.39, 0.29) is 0 Å². The predicted molar refractivity (Wildman–Crippen MR) is 75.4 cm³/mol. The quantitative estimate of drug-likeness (QED) is 0.736. The molecule has 1 aromatic carbocycles. The van der Waals surface area contributed by atoms with Crippen molar-refractivity contribution in [1.29, 1.82) is 0 Å². The third-order valence-corrected chi connectivity index (χ3v) is 3.14. The van der Waals surface area contributed by atoms with Crippen LogP contribution in [0.4, 0.5) is 5.82 Å². The second kappa shape index (κ2) is 4.28. The van der Waals surface area contributed by atoms with Crippen LogP contribution in [0.15, 0.2) is 36.5 Å². The monoisotopic (exact) mass is 253 g/mol. The molecule has 0 aliphatic heterocycles. The largest absolute Gasteiger partial charge is 0.382 e. The van der Waals surface area contributed by atoms with Crippen LogP contribution in [-0.2, 0) is 7.05 Å². The van der Waals surface area contributed by atoms with Gasteiger partial charge in [0, 0.05) is 18.8 Å². The Morgan fingerprint density at radius 1 is 1.21 bits per heavy atom. The number of aromatic nitrogens is 4. The Kier molecular flexibility index (Phi) is 2.59. The molecule has 0 spiro atoms. The van der Waals surface area contributed by atoms with E-state index in [9.17, 15) is 0 Å². The van der Waals surface area contributed by atoms with Crippen molar-refractivity contribution in [3.05, 3.63) is 42.2 Å². The predicted octanol–water partition coefficient (Wildman–Crippen LogP) is 2.37. The lowest BCUT2D eigenvalue weighted by Gasteiger charge is -2.03. The lowest BCUT2D eigenvalue weighted by Crippen LogP contribution is -1.88. The molecular formula is C14H15N5. The van der Waals surface area contributed by atoms with Crippen LogP contribution in [0.25, 0.3) is 22.4 Å². The zero-order chi connectivity index (χ0) is 13.4. The van der Waals surface area contributed by atoms with E-state index in [2.05, 4.69) is 15.3 Å². The summed E-state index contributed by atoms with van der Waals surface area (Å²) in [5.41, 5.74) is 10.9. The normalized spacial score (nSPS) is 10.8. The molecule has 0 atom stereocenters. The summed E-state index contributed by atoms with van der Waals surface area (Å²) in [7, 11) is 1.90. The van der Waals surface area contributed by atoms with Gasteiger partial charge in [-0.25, -0.2) is 0 Å². The molecule has 5 heteroatoms. The number of nitrogens with one attached hydrogen (secondary N) is 1. The molecule has 0 bridgehead atoms. The number of aryl methyl sites for hydroxylation is 2. The fraction of sp³-hybridized carbons (Fsp3) is 0.143. The maximum atomic E-state index is 6.00. The van der Waals surface area contributed by atoms with E-state index >= 15 is 0 Å². The molecule has 96 valence electrons. The van der Waals surface area contributed by atoms with Gasteiger partial charge in [-0.3, -0.25) is 9.78 Å². The standard InChI is InChI=1S/C14H15N5/c1-9-11(8-19(2)18-9)13-12(14(15)17-16-13)10-6-4-3-5-7-10/h3-8H,1-2H3,(H3,15,16,17).